The number of carbonyl (C=O) groups is 5. The number of rotatable bonds is 11. The largest absolute Gasteiger partial charge is 0.496 e. The Morgan fingerprint density at radius 1 is 0.872 bits per heavy atom. The number of allylic oxidation sites excluding steroid dienone is 1. The zero-order chi connectivity index (χ0) is 54.9. The summed E-state index contributed by atoms with van der Waals surface area (Å²) >= 11 is 0. The molecule has 420 valence electrons. The summed E-state index contributed by atoms with van der Waals surface area (Å²) in [5, 5.41) is 30.6. The van der Waals surface area contributed by atoms with Gasteiger partial charge in [-0.3, -0.25) is 19.4 Å². The predicted octanol–water partition coefficient (Wildman–Crippen LogP) is 5.90. The molecule has 12 atom stereocenters. The number of piperidine rings is 1. The fraction of sp³-hybridized carbons (Fsp3) is 0.617. The van der Waals surface area contributed by atoms with Crippen molar-refractivity contribution in [2.24, 2.45) is 11.3 Å². The number of carbonyl (C=O) groups excluding carboxylic acids is 5. The van der Waals surface area contributed by atoms with Crippen molar-refractivity contribution in [3.05, 3.63) is 83.1 Å². The first-order valence-electron chi connectivity index (χ1n) is 28.5. The number of H-pyrrole nitrogens is 1. The molecule has 3 saturated heterocycles. The standard InChI is InChI=1S/C60H78N6O12/c1-7-56(72)32-37-33-59(53(69)75-5,48-40(23-28-64(34-37)36-56)39-20-14-15-21-43(39)61-48)42-30-41-44(31-46(42)74-4)62-50-58(41)25-29-65-26-17-24-57(8-2,51(58)65)52(60(50,73)54(70)76-6)78-49(68)45-22-16-27-66(45)47(67)35-63(3)55(71)77-38-18-12-10-9-11-13-19-38/h12,14-15,17-18,20-21,24,30-31,37-38,45,50-52,61-62,72-73H,7-11,13,16,19,22-23,25-29,32-36H2,1-6H3/b18-12+/t37-,38?,45?,50?,51?,52+,56-,57+,58?,59-,60?/m0/s1. The number of methoxy groups -OCH3 is 3. The van der Waals surface area contributed by atoms with Gasteiger partial charge in [-0.2, -0.15) is 0 Å². The average molecular weight is 1080 g/mol. The molecule has 7 unspecified atom stereocenters. The Morgan fingerprint density at radius 3 is 2.45 bits per heavy atom. The first kappa shape index (κ1) is 54.0. The number of benzene rings is 2. The van der Waals surface area contributed by atoms with Crippen molar-refractivity contribution in [3.63, 3.8) is 0 Å². The minimum atomic E-state index is -2.53. The van der Waals surface area contributed by atoms with Gasteiger partial charge in [0.1, 0.15) is 29.9 Å². The van der Waals surface area contributed by atoms with E-state index in [-0.39, 0.29) is 31.8 Å². The summed E-state index contributed by atoms with van der Waals surface area (Å²) in [4.78, 5) is 84.1. The van der Waals surface area contributed by atoms with E-state index >= 15 is 9.59 Å². The van der Waals surface area contributed by atoms with Crippen molar-refractivity contribution in [1.29, 1.82) is 0 Å². The third-order valence-corrected chi connectivity index (χ3v) is 19.6. The second-order valence-corrected chi connectivity index (χ2v) is 23.7. The number of para-hydroxylation sites is 1. The van der Waals surface area contributed by atoms with E-state index < -0.39 is 87.7 Å². The molecule has 2 aromatic carbocycles. The normalized spacial score (nSPS) is 35.2. The van der Waals surface area contributed by atoms with Crippen molar-refractivity contribution in [1.82, 2.24) is 24.6 Å². The highest BCUT2D eigenvalue weighted by molar-refractivity contribution is 5.95. The molecule has 7 heterocycles. The van der Waals surface area contributed by atoms with Crippen LogP contribution in [0.1, 0.15) is 113 Å². The number of aliphatic hydroxyl groups is 2. The number of hydrogen-bond donors (Lipinski definition) is 4. The summed E-state index contributed by atoms with van der Waals surface area (Å²) in [5.74, 6) is -2.48. The number of likely N-dealkylation sites (tertiary alicyclic amines) is 1. The predicted molar refractivity (Wildman–Crippen MR) is 290 cm³/mol. The summed E-state index contributed by atoms with van der Waals surface area (Å²) < 4.78 is 30.5. The van der Waals surface area contributed by atoms with E-state index in [1.165, 1.54) is 31.1 Å². The average Bonchev–Trinajstić information content (AvgIpc) is 2.08. The Hall–Kier alpha value is -5.95. The third-order valence-electron chi connectivity index (χ3n) is 19.6. The van der Waals surface area contributed by atoms with E-state index in [0.717, 1.165) is 47.7 Å². The van der Waals surface area contributed by atoms with Crippen molar-refractivity contribution < 1.29 is 57.9 Å². The monoisotopic (exact) mass is 1070 g/mol. The molecule has 0 radical (unpaired) electrons. The van der Waals surface area contributed by atoms with Crippen LogP contribution in [0.25, 0.3) is 10.9 Å². The Morgan fingerprint density at radius 2 is 1.68 bits per heavy atom. The van der Waals surface area contributed by atoms with Crippen LogP contribution in [0.5, 0.6) is 5.75 Å². The molecule has 4 fully saturated rings. The molecule has 3 aromatic rings. The fourth-order valence-corrected chi connectivity index (χ4v) is 16.2. The van der Waals surface area contributed by atoms with Crippen LogP contribution in [0.4, 0.5) is 10.5 Å². The maximum Gasteiger partial charge on any atom is 0.410 e. The fourth-order valence-electron chi connectivity index (χ4n) is 16.2. The maximum absolute atomic E-state index is 15.6. The lowest BCUT2D eigenvalue weighted by molar-refractivity contribution is -0.229. The quantitative estimate of drug-likeness (QED) is 0.100. The molecule has 18 heteroatoms. The lowest BCUT2D eigenvalue weighted by Crippen LogP contribution is -2.80. The van der Waals surface area contributed by atoms with Gasteiger partial charge in [-0.1, -0.05) is 56.7 Å². The second-order valence-electron chi connectivity index (χ2n) is 23.7. The molecule has 18 nitrogen and oxygen atoms in total. The van der Waals surface area contributed by atoms with Crippen molar-refractivity contribution in [2.45, 2.75) is 150 Å². The molecule has 11 rings (SSSR count). The molecule has 8 aliphatic rings. The van der Waals surface area contributed by atoms with Crippen LogP contribution in [0.15, 0.2) is 60.7 Å². The van der Waals surface area contributed by atoms with E-state index in [9.17, 15) is 24.6 Å². The number of fused-ring (bicyclic) bond motifs is 6. The molecule has 6 aliphatic heterocycles. The van der Waals surface area contributed by atoms with E-state index in [2.05, 4.69) is 26.2 Å². The smallest absolute Gasteiger partial charge is 0.410 e. The summed E-state index contributed by atoms with van der Waals surface area (Å²) in [7, 11) is 5.70. The number of aromatic amines is 1. The number of ether oxygens (including phenoxy) is 5. The van der Waals surface area contributed by atoms with Crippen LogP contribution in [-0.4, -0.2) is 180 Å². The van der Waals surface area contributed by atoms with Crippen LogP contribution < -0.4 is 10.1 Å². The molecule has 4 N–H and O–H groups in total. The second kappa shape index (κ2) is 20.6. The van der Waals surface area contributed by atoms with Crippen molar-refractivity contribution in [2.75, 3.05) is 79.5 Å². The molecule has 1 saturated carbocycles. The van der Waals surface area contributed by atoms with Crippen LogP contribution in [0.3, 0.4) is 0 Å². The van der Waals surface area contributed by atoms with Gasteiger partial charge in [-0.15, -0.1) is 0 Å². The Balaban J connectivity index is 1.00. The zero-order valence-corrected chi connectivity index (χ0v) is 46.1. The van der Waals surface area contributed by atoms with E-state index in [1.807, 2.05) is 68.5 Å². The summed E-state index contributed by atoms with van der Waals surface area (Å²) in [6.07, 6.45) is 13.6. The zero-order valence-electron chi connectivity index (χ0n) is 46.1. The Kier molecular flexibility index (Phi) is 14.3. The number of esters is 3. The number of likely N-dealkylation sites (N-methyl/N-ethyl adjacent to an activating group) is 1. The number of nitrogens with one attached hydrogen (secondary N) is 2. The number of anilines is 1. The SMILES string of the molecule is CC[C@]1(O)C[C@@H]2CN(CCc3c([nH]c4ccccc34)[C@@](C(=O)OC)(c3cc4c(cc3OC)NC3C45CCN4CC=C[C@](CC)(C45)[C@@H](OC(=O)C4CCCN4C(=O)CN(C)C(=O)OC4/C=C/CCCCC4)C3(O)C(=O)OC)C2)C1. The van der Waals surface area contributed by atoms with Crippen LogP contribution in [0, 0.1) is 11.3 Å². The summed E-state index contributed by atoms with van der Waals surface area (Å²) in [5.41, 5.74) is -2.80. The first-order valence-corrected chi connectivity index (χ1v) is 28.5. The molecular weight excluding hydrogens is 997 g/mol. The molecule has 2 bridgehead atoms. The lowest BCUT2D eigenvalue weighted by atomic mass is 9.47. The number of nitrogens with zero attached hydrogens (tertiary/aromatic N) is 4. The minimum absolute atomic E-state index is 0.156. The van der Waals surface area contributed by atoms with Gasteiger partial charge in [0, 0.05) is 90.6 Å². The van der Waals surface area contributed by atoms with Gasteiger partial charge in [0.15, 0.2) is 6.10 Å². The van der Waals surface area contributed by atoms with Gasteiger partial charge in [-0.05, 0) is 119 Å². The number of aromatic nitrogens is 1. The van der Waals surface area contributed by atoms with Gasteiger partial charge in [0.25, 0.3) is 0 Å². The summed E-state index contributed by atoms with van der Waals surface area (Å²) in [6.45, 7) is 6.87. The van der Waals surface area contributed by atoms with Crippen LogP contribution >= 0.6 is 0 Å². The van der Waals surface area contributed by atoms with Gasteiger partial charge >= 0.3 is 24.0 Å². The van der Waals surface area contributed by atoms with Crippen molar-refractivity contribution in [3.8, 4) is 5.75 Å². The molecule has 1 aromatic heterocycles. The first-order chi connectivity index (χ1) is 37.5. The summed E-state index contributed by atoms with van der Waals surface area (Å²) in [6, 6.07) is 9.31. The maximum atomic E-state index is 15.6. The Labute approximate surface area is 456 Å². The Bertz CT molecular complexity index is 2920. The third kappa shape index (κ3) is 8.35. The highest BCUT2D eigenvalue weighted by Gasteiger charge is 2.79. The van der Waals surface area contributed by atoms with Crippen LogP contribution in [-0.2, 0) is 55.4 Å². The van der Waals surface area contributed by atoms with E-state index in [0.29, 0.717) is 100 Å². The van der Waals surface area contributed by atoms with Gasteiger partial charge < -0.3 is 54.0 Å². The topological polar surface area (TPSA) is 213 Å². The van der Waals surface area contributed by atoms with Crippen LogP contribution in [0.2, 0.25) is 0 Å². The molecule has 2 amide bonds. The highest BCUT2D eigenvalue weighted by Crippen LogP contribution is 2.67. The molecule has 2 aliphatic carbocycles. The number of hydrogen-bond acceptors (Lipinski definition) is 15. The number of amides is 2. The molecule has 78 heavy (non-hydrogen) atoms. The van der Waals surface area contributed by atoms with E-state index in [1.54, 1.807) is 7.11 Å². The molecular formula is C60H78N6O12. The van der Waals surface area contributed by atoms with E-state index in [4.69, 9.17) is 23.7 Å². The lowest BCUT2D eigenvalue weighted by Gasteiger charge is -2.62. The highest BCUT2D eigenvalue weighted by atomic mass is 16.6. The van der Waals surface area contributed by atoms with Gasteiger partial charge in [0.2, 0.25) is 11.5 Å². The van der Waals surface area contributed by atoms with Crippen molar-refractivity contribution >= 4 is 46.5 Å². The minimum Gasteiger partial charge on any atom is -0.496 e. The molecule has 1 spiro atoms. The van der Waals surface area contributed by atoms with Gasteiger partial charge in [-0.25, -0.2) is 14.4 Å². The van der Waals surface area contributed by atoms with Gasteiger partial charge in [0.05, 0.1) is 33.0 Å².